The number of halogens is 1. The molecule has 100 valence electrons. The summed E-state index contributed by atoms with van der Waals surface area (Å²) in [4.78, 5) is 2.43. The largest absolute Gasteiger partial charge is 0.372 e. The van der Waals surface area contributed by atoms with E-state index >= 15 is 0 Å². The second-order valence-corrected chi connectivity index (χ2v) is 5.88. The monoisotopic (exact) mass is 312 g/mol. The molecule has 0 saturated carbocycles. The molecular formula is C14H21BrN2O. The van der Waals surface area contributed by atoms with Crippen molar-refractivity contribution >= 4 is 21.6 Å². The van der Waals surface area contributed by atoms with E-state index < -0.39 is 0 Å². The Morgan fingerprint density at radius 2 is 2.00 bits per heavy atom. The summed E-state index contributed by atoms with van der Waals surface area (Å²) in [6.07, 6.45) is 0.583. The molecule has 1 aromatic rings. The molecule has 18 heavy (non-hydrogen) atoms. The molecule has 0 aromatic heterocycles. The molecule has 0 radical (unpaired) electrons. The topological polar surface area (TPSA) is 24.5 Å². The summed E-state index contributed by atoms with van der Waals surface area (Å²) in [5, 5.41) is 3.23. The molecule has 0 spiro atoms. The van der Waals surface area contributed by atoms with Crippen molar-refractivity contribution in [2.45, 2.75) is 32.6 Å². The fourth-order valence-electron chi connectivity index (χ4n) is 2.57. The van der Waals surface area contributed by atoms with E-state index in [-0.39, 0.29) is 0 Å². The average Bonchev–Trinajstić information content (AvgIpc) is 2.28. The number of rotatable bonds is 3. The molecule has 0 unspecified atom stereocenters. The maximum absolute atomic E-state index is 5.79. The van der Waals surface area contributed by atoms with Gasteiger partial charge in [0.05, 0.1) is 12.2 Å². The highest BCUT2D eigenvalue weighted by Gasteiger charge is 2.23. The zero-order chi connectivity index (χ0) is 13.1. The van der Waals surface area contributed by atoms with Gasteiger partial charge in [0.25, 0.3) is 0 Å². The summed E-state index contributed by atoms with van der Waals surface area (Å²) in [7, 11) is 1.98. The van der Waals surface area contributed by atoms with Crippen molar-refractivity contribution in [3.8, 4) is 0 Å². The van der Waals surface area contributed by atoms with Crippen molar-refractivity contribution in [1.29, 1.82) is 0 Å². The van der Waals surface area contributed by atoms with Crippen LogP contribution in [0.25, 0.3) is 0 Å². The lowest BCUT2D eigenvalue weighted by atomic mass is 10.1. The highest BCUT2D eigenvalue weighted by Crippen LogP contribution is 2.27. The molecule has 0 aliphatic carbocycles. The minimum absolute atomic E-state index is 0.292. The van der Waals surface area contributed by atoms with Crippen LogP contribution in [0.15, 0.2) is 22.7 Å². The van der Waals surface area contributed by atoms with E-state index in [2.05, 4.69) is 58.2 Å². The van der Waals surface area contributed by atoms with Gasteiger partial charge in [0, 0.05) is 29.8 Å². The van der Waals surface area contributed by atoms with E-state index in [9.17, 15) is 0 Å². The Kier molecular flexibility index (Phi) is 4.65. The molecule has 2 rings (SSSR count). The summed E-state index contributed by atoms with van der Waals surface area (Å²) >= 11 is 3.54. The van der Waals surface area contributed by atoms with Crippen LogP contribution in [-0.4, -0.2) is 32.3 Å². The molecule has 0 bridgehead atoms. The average molecular weight is 313 g/mol. The maximum Gasteiger partial charge on any atom is 0.0726 e. The Morgan fingerprint density at radius 1 is 1.33 bits per heavy atom. The normalized spacial score (nSPS) is 24.3. The molecule has 0 amide bonds. The third-order valence-electron chi connectivity index (χ3n) is 3.17. The number of hydrogen-bond acceptors (Lipinski definition) is 3. The van der Waals surface area contributed by atoms with Crippen LogP contribution in [0.3, 0.4) is 0 Å². The Balaban J connectivity index is 2.25. The summed E-state index contributed by atoms with van der Waals surface area (Å²) in [6, 6.07) is 6.50. The minimum Gasteiger partial charge on any atom is -0.372 e. The first-order valence-corrected chi connectivity index (χ1v) is 7.23. The van der Waals surface area contributed by atoms with E-state index in [1.165, 1.54) is 11.3 Å². The summed E-state index contributed by atoms with van der Waals surface area (Å²) in [6.45, 7) is 7.08. The molecular weight excluding hydrogens is 292 g/mol. The van der Waals surface area contributed by atoms with Gasteiger partial charge in [-0.05, 0) is 44.7 Å². The van der Waals surface area contributed by atoms with E-state index in [0.717, 1.165) is 24.1 Å². The second kappa shape index (κ2) is 6.04. The van der Waals surface area contributed by atoms with Gasteiger partial charge in [-0.15, -0.1) is 0 Å². The fourth-order valence-corrected chi connectivity index (χ4v) is 2.98. The van der Waals surface area contributed by atoms with Crippen LogP contribution in [0.2, 0.25) is 0 Å². The quantitative estimate of drug-likeness (QED) is 0.929. The molecule has 1 fully saturated rings. The van der Waals surface area contributed by atoms with Gasteiger partial charge in [-0.1, -0.05) is 15.9 Å². The number of morpholine rings is 1. The van der Waals surface area contributed by atoms with Crippen molar-refractivity contribution in [1.82, 2.24) is 5.32 Å². The van der Waals surface area contributed by atoms with Crippen molar-refractivity contribution in [2.75, 3.05) is 25.0 Å². The predicted molar refractivity (Wildman–Crippen MR) is 79.1 cm³/mol. The van der Waals surface area contributed by atoms with Crippen molar-refractivity contribution < 1.29 is 4.74 Å². The van der Waals surface area contributed by atoms with Gasteiger partial charge in [0.15, 0.2) is 0 Å². The van der Waals surface area contributed by atoms with Gasteiger partial charge >= 0.3 is 0 Å². The number of benzene rings is 1. The molecule has 1 heterocycles. The second-order valence-electron chi connectivity index (χ2n) is 4.97. The lowest BCUT2D eigenvalue weighted by Gasteiger charge is -2.37. The summed E-state index contributed by atoms with van der Waals surface area (Å²) < 4.78 is 6.93. The third-order valence-corrected chi connectivity index (χ3v) is 3.66. The van der Waals surface area contributed by atoms with E-state index in [4.69, 9.17) is 4.74 Å². The number of anilines is 1. The molecule has 1 N–H and O–H groups in total. The van der Waals surface area contributed by atoms with Crippen LogP contribution >= 0.6 is 15.9 Å². The summed E-state index contributed by atoms with van der Waals surface area (Å²) in [5.41, 5.74) is 2.64. The Morgan fingerprint density at radius 3 is 2.61 bits per heavy atom. The van der Waals surface area contributed by atoms with Crippen LogP contribution in [0.1, 0.15) is 19.4 Å². The number of ether oxygens (including phenoxy) is 1. The van der Waals surface area contributed by atoms with Gasteiger partial charge in [0.1, 0.15) is 0 Å². The lowest BCUT2D eigenvalue weighted by molar-refractivity contribution is -0.00526. The molecule has 1 aliphatic heterocycles. The standard InChI is InChI=1S/C14H21BrN2O/c1-10-8-17(9-11(2)18-10)14-5-4-13(15)6-12(14)7-16-3/h4-6,10-11,16H,7-9H2,1-3H3/t10-,11+. The van der Waals surface area contributed by atoms with Gasteiger partial charge in [-0.25, -0.2) is 0 Å². The number of nitrogens with zero attached hydrogens (tertiary/aromatic N) is 1. The van der Waals surface area contributed by atoms with Gasteiger partial charge in [-0.3, -0.25) is 0 Å². The first-order valence-electron chi connectivity index (χ1n) is 6.43. The Bertz CT molecular complexity index is 401. The third kappa shape index (κ3) is 3.25. The molecule has 1 saturated heterocycles. The highest BCUT2D eigenvalue weighted by molar-refractivity contribution is 9.10. The SMILES string of the molecule is CNCc1cc(Br)ccc1N1C[C@@H](C)O[C@@H](C)C1. The van der Waals surface area contributed by atoms with Gasteiger partial charge in [-0.2, -0.15) is 0 Å². The Labute approximate surface area is 118 Å². The summed E-state index contributed by atoms with van der Waals surface area (Å²) in [5.74, 6) is 0. The van der Waals surface area contributed by atoms with Crippen molar-refractivity contribution in [2.24, 2.45) is 0 Å². The van der Waals surface area contributed by atoms with E-state index in [0.29, 0.717) is 12.2 Å². The van der Waals surface area contributed by atoms with Crippen molar-refractivity contribution in [3.05, 3.63) is 28.2 Å². The smallest absolute Gasteiger partial charge is 0.0726 e. The lowest BCUT2D eigenvalue weighted by Crippen LogP contribution is -2.45. The van der Waals surface area contributed by atoms with Crippen molar-refractivity contribution in [3.63, 3.8) is 0 Å². The fraction of sp³-hybridized carbons (Fsp3) is 0.571. The highest BCUT2D eigenvalue weighted by atomic mass is 79.9. The van der Waals surface area contributed by atoms with Crippen LogP contribution in [0, 0.1) is 0 Å². The first-order chi connectivity index (χ1) is 8.60. The number of nitrogens with one attached hydrogen (secondary N) is 1. The molecule has 1 aliphatic rings. The van der Waals surface area contributed by atoms with Crippen LogP contribution < -0.4 is 10.2 Å². The van der Waals surface area contributed by atoms with Crippen LogP contribution in [0.5, 0.6) is 0 Å². The first kappa shape index (κ1) is 13.8. The molecule has 2 atom stereocenters. The number of hydrogen-bond donors (Lipinski definition) is 1. The van der Waals surface area contributed by atoms with E-state index in [1.54, 1.807) is 0 Å². The van der Waals surface area contributed by atoms with E-state index in [1.807, 2.05) is 7.05 Å². The maximum atomic E-state index is 5.79. The van der Waals surface area contributed by atoms with Crippen LogP contribution in [-0.2, 0) is 11.3 Å². The Hall–Kier alpha value is -0.580. The molecule has 3 nitrogen and oxygen atoms in total. The molecule has 1 aromatic carbocycles. The predicted octanol–water partition coefficient (Wildman–Crippen LogP) is 2.78. The van der Waals surface area contributed by atoms with Gasteiger partial charge < -0.3 is 15.0 Å². The van der Waals surface area contributed by atoms with Gasteiger partial charge in [0.2, 0.25) is 0 Å². The minimum atomic E-state index is 0.292. The zero-order valence-corrected chi connectivity index (χ0v) is 12.8. The zero-order valence-electron chi connectivity index (χ0n) is 11.2. The molecule has 4 heteroatoms. The van der Waals surface area contributed by atoms with Crippen LogP contribution in [0.4, 0.5) is 5.69 Å².